The quantitative estimate of drug-likeness (QED) is 0.685. The van der Waals surface area contributed by atoms with Crippen LogP contribution in [0.15, 0.2) is 12.1 Å². The number of alkyl halides is 6. The van der Waals surface area contributed by atoms with Crippen LogP contribution < -0.4 is 0 Å². The molecule has 2 nitrogen and oxygen atoms in total. The third-order valence-electron chi connectivity index (χ3n) is 1.94. The third kappa shape index (κ3) is 5.03. The van der Waals surface area contributed by atoms with Crippen LogP contribution in [0.5, 0.6) is 0 Å². The summed E-state index contributed by atoms with van der Waals surface area (Å²) in [5.41, 5.74) is 0. The van der Waals surface area contributed by atoms with E-state index in [-0.39, 0.29) is 4.88 Å². The van der Waals surface area contributed by atoms with Gasteiger partial charge in [0.1, 0.15) is 6.61 Å². The van der Waals surface area contributed by atoms with Gasteiger partial charge in [-0.1, -0.05) is 11.8 Å². The summed E-state index contributed by atoms with van der Waals surface area (Å²) in [6, 6.07) is 2.73. The number of hydrogen-bond acceptors (Lipinski definition) is 3. The molecule has 1 aromatic heterocycles. The van der Waals surface area contributed by atoms with Crippen LogP contribution in [0, 0.1) is 11.8 Å². The number of rotatable bonds is 3. The predicted octanol–water partition coefficient (Wildman–Crippen LogP) is 3.10. The van der Waals surface area contributed by atoms with Crippen LogP contribution in [-0.2, 0) is 11.3 Å². The Bertz CT molecular complexity index is 479. The standard InChI is InChI=1S/C11H8F6O2S/c12-10(13,14)9(11(15,16)17)19-6-8-4-3-7(20-8)2-1-5-18/h3-4,9,18H,5-6H2. The molecule has 1 heterocycles. The molecule has 9 heteroatoms. The van der Waals surface area contributed by atoms with Gasteiger partial charge in [-0.3, -0.25) is 0 Å². The van der Waals surface area contributed by atoms with Crippen LogP contribution in [0.2, 0.25) is 0 Å². The van der Waals surface area contributed by atoms with Gasteiger partial charge in [0.15, 0.2) is 0 Å². The molecule has 0 radical (unpaired) electrons. The molecular formula is C11H8F6O2S. The normalized spacial score (nSPS) is 12.4. The lowest BCUT2D eigenvalue weighted by molar-refractivity contribution is -0.324. The van der Waals surface area contributed by atoms with Crippen LogP contribution in [0.4, 0.5) is 26.3 Å². The van der Waals surface area contributed by atoms with Crippen LogP contribution in [-0.4, -0.2) is 30.2 Å². The average Bonchev–Trinajstić information content (AvgIpc) is 2.70. The Morgan fingerprint density at radius 3 is 2.25 bits per heavy atom. The SMILES string of the molecule is OCC#Cc1ccc(COC(C(F)(F)F)C(F)(F)F)s1. The van der Waals surface area contributed by atoms with Crippen LogP contribution in [0.3, 0.4) is 0 Å². The number of aliphatic hydroxyl groups excluding tert-OH is 1. The molecule has 0 aliphatic heterocycles. The van der Waals surface area contributed by atoms with Crippen molar-refractivity contribution in [2.75, 3.05) is 6.61 Å². The molecule has 0 fully saturated rings. The summed E-state index contributed by atoms with van der Waals surface area (Å²) in [6.07, 6.45) is -14.9. The van der Waals surface area contributed by atoms with E-state index in [9.17, 15) is 26.3 Å². The van der Waals surface area contributed by atoms with Gasteiger partial charge in [0.2, 0.25) is 6.10 Å². The van der Waals surface area contributed by atoms with E-state index in [1.54, 1.807) is 0 Å². The molecular weight excluding hydrogens is 310 g/mol. The fourth-order valence-electron chi connectivity index (χ4n) is 1.19. The van der Waals surface area contributed by atoms with Crippen molar-refractivity contribution < 1.29 is 36.2 Å². The average molecular weight is 318 g/mol. The van der Waals surface area contributed by atoms with Gasteiger partial charge in [-0.15, -0.1) is 11.3 Å². The van der Waals surface area contributed by atoms with Crippen molar-refractivity contribution in [3.05, 3.63) is 21.9 Å². The van der Waals surface area contributed by atoms with Crippen LogP contribution >= 0.6 is 11.3 Å². The number of hydrogen-bond donors (Lipinski definition) is 1. The maximum atomic E-state index is 12.2. The minimum absolute atomic E-state index is 0.172. The minimum atomic E-state index is -5.52. The minimum Gasteiger partial charge on any atom is -0.384 e. The zero-order valence-corrected chi connectivity index (χ0v) is 10.5. The van der Waals surface area contributed by atoms with Gasteiger partial charge in [0.25, 0.3) is 0 Å². The molecule has 1 aromatic rings. The zero-order valence-electron chi connectivity index (χ0n) is 9.68. The van der Waals surface area contributed by atoms with E-state index < -0.39 is 31.7 Å². The van der Waals surface area contributed by atoms with E-state index in [2.05, 4.69) is 16.6 Å². The van der Waals surface area contributed by atoms with E-state index in [0.717, 1.165) is 11.3 Å². The molecule has 0 spiro atoms. The fraction of sp³-hybridized carbons (Fsp3) is 0.455. The van der Waals surface area contributed by atoms with Crippen molar-refractivity contribution in [3.63, 3.8) is 0 Å². The summed E-state index contributed by atoms with van der Waals surface area (Å²) in [6.45, 7) is -1.22. The Balaban J connectivity index is 2.71. The second kappa shape index (κ2) is 6.47. The first-order valence-electron chi connectivity index (χ1n) is 5.08. The monoisotopic (exact) mass is 318 g/mol. The van der Waals surface area contributed by atoms with Gasteiger partial charge < -0.3 is 9.84 Å². The summed E-state index contributed by atoms with van der Waals surface area (Å²) in [7, 11) is 0. The zero-order chi connectivity index (χ0) is 15.4. The predicted molar refractivity (Wildman–Crippen MR) is 59.0 cm³/mol. The number of thiophene rings is 1. The Morgan fingerprint density at radius 2 is 1.75 bits per heavy atom. The lowest BCUT2D eigenvalue weighted by Gasteiger charge is -2.22. The first-order valence-corrected chi connectivity index (χ1v) is 5.89. The van der Waals surface area contributed by atoms with Crippen molar-refractivity contribution in [2.45, 2.75) is 25.1 Å². The molecule has 0 unspecified atom stereocenters. The Kier molecular flexibility index (Phi) is 5.44. The fourth-order valence-corrected chi connectivity index (χ4v) is 1.99. The molecule has 0 bridgehead atoms. The van der Waals surface area contributed by atoms with Crippen molar-refractivity contribution in [2.24, 2.45) is 0 Å². The smallest absolute Gasteiger partial charge is 0.384 e. The molecule has 1 N–H and O–H groups in total. The molecule has 112 valence electrons. The summed E-state index contributed by atoms with van der Waals surface area (Å²) in [4.78, 5) is 0.582. The van der Waals surface area contributed by atoms with Crippen LogP contribution in [0.25, 0.3) is 0 Å². The first-order chi connectivity index (χ1) is 9.14. The maximum absolute atomic E-state index is 12.2. The molecule has 0 saturated heterocycles. The van der Waals surface area contributed by atoms with Gasteiger partial charge in [0.05, 0.1) is 11.5 Å². The molecule has 0 saturated carbocycles. The number of ether oxygens (including phenoxy) is 1. The topological polar surface area (TPSA) is 29.5 Å². The molecule has 0 aliphatic rings. The Hall–Kier alpha value is -1.24. The van der Waals surface area contributed by atoms with Gasteiger partial charge >= 0.3 is 12.4 Å². The highest BCUT2D eigenvalue weighted by Crippen LogP contribution is 2.36. The molecule has 0 atom stereocenters. The lowest BCUT2D eigenvalue weighted by Crippen LogP contribution is -2.44. The molecule has 0 amide bonds. The summed E-state index contributed by atoms with van der Waals surface area (Å²) in [5.74, 6) is 4.79. The van der Waals surface area contributed by atoms with E-state index in [0.29, 0.717) is 4.88 Å². The Labute approximate surface area is 114 Å². The highest BCUT2D eigenvalue weighted by molar-refractivity contribution is 7.12. The van der Waals surface area contributed by atoms with Gasteiger partial charge in [0, 0.05) is 4.88 Å². The van der Waals surface area contributed by atoms with Crippen LogP contribution in [0.1, 0.15) is 9.75 Å². The maximum Gasteiger partial charge on any atom is 0.423 e. The van der Waals surface area contributed by atoms with Crippen molar-refractivity contribution >= 4 is 11.3 Å². The van der Waals surface area contributed by atoms with E-state index in [4.69, 9.17) is 5.11 Å². The van der Waals surface area contributed by atoms with E-state index in [1.807, 2.05) is 0 Å². The van der Waals surface area contributed by atoms with E-state index >= 15 is 0 Å². The largest absolute Gasteiger partial charge is 0.423 e. The second-order valence-electron chi connectivity index (χ2n) is 3.50. The molecule has 0 aliphatic carbocycles. The van der Waals surface area contributed by atoms with Crippen molar-refractivity contribution in [3.8, 4) is 11.8 Å². The highest BCUT2D eigenvalue weighted by Gasteiger charge is 2.57. The summed E-state index contributed by atoms with van der Waals surface area (Å²) in [5, 5.41) is 8.45. The summed E-state index contributed by atoms with van der Waals surface area (Å²) < 4.78 is 77.1. The van der Waals surface area contributed by atoms with Crippen molar-refractivity contribution in [1.29, 1.82) is 0 Å². The molecule has 20 heavy (non-hydrogen) atoms. The number of aliphatic hydroxyl groups is 1. The lowest BCUT2D eigenvalue weighted by atomic mass is 10.3. The first kappa shape index (κ1) is 16.8. The summed E-state index contributed by atoms with van der Waals surface area (Å²) >= 11 is 0.892. The highest BCUT2D eigenvalue weighted by atomic mass is 32.1. The second-order valence-corrected chi connectivity index (χ2v) is 4.67. The number of halogens is 6. The van der Waals surface area contributed by atoms with Gasteiger partial charge in [-0.2, -0.15) is 26.3 Å². The van der Waals surface area contributed by atoms with Gasteiger partial charge in [-0.25, -0.2) is 0 Å². The Morgan fingerprint density at radius 1 is 1.15 bits per heavy atom. The van der Waals surface area contributed by atoms with Crippen molar-refractivity contribution in [1.82, 2.24) is 0 Å². The molecule has 0 aromatic carbocycles. The molecule has 1 rings (SSSR count). The van der Waals surface area contributed by atoms with Gasteiger partial charge in [-0.05, 0) is 12.1 Å². The van der Waals surface area contributed by atoms with E-state index in [1.165, 1.54) is 12.1 Å². The third-order valence-corrected chi connectivity index (χ3v) is 2.91.